The van der Waals surface area contributed by atoms with E-state index >= 15 is 0 Å². The maximum atomic E-state index is 14.3. The van der Waals surface area contributed by atoms with E-state index in [9.17, 15) is 9.46 Å². The van der Waals surface area contributed by atoms with Gasteiger partial charge >= 0.3 is 7.82 Å². The normalized spacial score (nSPS) is 13.1. The van der Waals surface area contributed by atoms with Gasteiger partial charge in [0.05, 0.1) is 0 Å². The summed E-state index contributed by atoms with van der Waals surface area (Å²) in [6.07, 6.45) is 0. The zero-order chi connectivity index (χ0) is 38.1. The highest BCUT2D eigenvalue weighted by Gasteiger charge is 2.37. The molecule has 5 heteroatoms. The van der Waals surface area contributed by atoms with Gasteiger partial charge in [0.1, 0.15) is 11.5 Å². The van der Waals surface area contributed by atoms with Crippen molar-refractivity contribution in [3.63, 3.8) is 0 Å². The molecule has 0 unspecified atom stereocenters. The summed E-state index contributed by atoms with van der Waals surface area (Å²) < 4.78 is 26.7. The van der Waals surface area contributed by atoms with Gasteiger partial charge in [0.15, 0.2) is 0 Å². The molecule has 0 saturated heterocycles. The van der Waals surface area contributed by atoms with Gasteiger partial charge in [-0.05, 0) is 88.6 Å². The monoisotopic (exact) mass is 752 g/mol. The van der Waals surface area contributed by atoms with Crippen LogP contribution in [-0.4, -0.2) is 4.89 Å². The van der Waals surface area contributed by atoms with Gasteiger partial charge in [-0.2, -0.15) is 0 Å². The molecule has 0 aromatic heterocycles. The Hall–Kier alpha value is -6.97. The van der Waals surface area contributed by atoms with Crippen LogP contribution < -0.4 is 9.05 Å². The van der Waals surface area contributed by atoms with Crippen LogP contribution in [0.25, 0.3) is 98.7 Å². The largest absolute Gasteiger partial charge is 0.584 e. The molecule has 0 saturated carbocycles. The molecular formula is C52H33O4P. The molecule has 0 spiro atoms. The molecule has 57 heavy (non-hydrogen) atoms. The van der Waals surface area contributed by atoms with Crippen molar-refractivity contribution in [1.82, 2.24) is 0 Å². The Balaban J connectivity index is 1.13. The van der Waals surface area contributed by atoms with Crippen molar-refractivity contribution >= 4 is 50.9 Å². The van der Waals surface area contributed by atoms with Crippen LogP contribution in [0.5, 0.6) is 11.5 Å². The molecule has 4 nitrogen and oxygen atoms in total. The number of phosphoric acid groups is 1. The fourth-order valence-corrected chi connectivity index (χ4v) is 9.51. The molecule has 11 rings (SSSR count). The van der Waals surface area contributed by atoms with Crippen molar-refractivity contribution < 1.29 is 18.5 Å². The number of fused-ring (bicyclic) bond motifs is 9. The molecule has 0 amide bonds. The van der Waals surface area contributed by atoms with Crippen LogP contribution in [0.2, 0.25) is 0 Å². The van der Waals surface area contributed by atoms with Gasteiger partial charge < -0.3 is 9.05 Å². The number of benzene rings is 10. The summed E-state index contributed by atoms with van der Waals surface area (Å²) in [6, 6.07) is 66.4. The second-order valence-electron chi connectivity index (χ2n) is 14.6. The lowest BCUT2D eigenvalue weighted by atomic mass is 9.86. The average molecular weight is 753 g/mol. The fourth-order valence-electron chi connectivity index (χ4n) is 8.63. The maximum Gasteiger partial charge on any atom is 0.584 e. The van der Waals surface area contributed by atoms with Crippen LogP contribution in [0.3, 0.4) is 0 Å². The van der Waals surface area contributed by atoms with Crippen LogP contribution in [0.15, 0.2) is 194 Å². The molecule has 0 radical (unpaired) electrons. The summed E-state index contributed by atoms with van der Waals surface area (Å²) >= 11 is 0. The van der Waals surface area contributed by atoms with E-state index in [1.807, 2.05) is 48.5 Å². The summed E-state index contributed by atoms with van der Waals surface area (Å²) in [5.74, 6) is 0.620. The van der Waals surface area contributed by atoms with Gasteiger partial charge in [-0.15, -0.1) is 0 Å². The van der Waals surface area contributed by atoms with E-state index in [0.29, 0.717) is 33.8 Å². The fraction of sp³-hybridized carbons (Fsp3) is 0. The Kier molecular flexibility index (Phi) is 7.65. The van der Waals surface area contributed by atoms with Crippen molar-refractivity contribution in [2.24, 2.45) is 0 Å². The number of phosphoric ester groups is 1. The number of hydrogen-bond acceptors (Lipinski definition) is 3. The zero-order valence-corrected chi connectivity index (χ0v) is 31.5. The Morgan fingerprint density at radius 2 is 0.649 bits per heavy atom. The Morgan fingerprint density at radius 3 is 1.05 bits per heavy atom. The van der Waals surface area contributed by atoms with Gasteiger partial charge in [-0.25, -0.2) is 4.57 Å². The molecule has 1 heterocycles. The quantitative estimate of drug-likeness (QED) is 0.182. The number of rotatable bonds is 4. The first kappa shape index (κ1) is 33.4. The van der Waals surface area contributed by atoms with Crippen molar-refractivity contribution in [1.29, 1.82) is 0 Å². The third kappa shape index (κ3) is 5.61. The van der Waals surface area contributed by atoms with E-state index in [2.05, 4.69) is 146 Å². The van der Waals surface area contributed by atoms with Gasteiger partial charge in [0.2, 0.25) is 0 Å². The summed E-state index contributed by atoms with van der Waals surface area (Å²) in [6.45, 7) is 0. The molecule has 0 atom stereocenters. The maximum absolute atomic E-state index is 14.3. The minimum absolute atomic E-state index is 0.310. The Labute approximate surface area is 329 Å². The summed E-state index contributed by atoms with van der Waals surface area (Å²) in [4.78, 5) is 11.6. The third-order valence-corrected chi connectivity index (χ3v) is 12.1. The molecule has 270 valence electrons. The predicted octanol–water partition coefficient (Wildman–Crippen LogP) is 14.5. The molecule has 0 aliphatic carbocycles. The van der Waals surface area contributed by atoms with Gasteiger partial charge in [0, 0.05) is 22.3 Å². The standard InChI is InChI=1S/C52H33O4P/c53-57(54)55-51-47(37-27-23-35(24-28-37)43-21-9-15-33-11-1-5-17-41(33)43)31-39-13-3-7-19-45(39)49(51)50-46-20-8-4-14-40(46)32-48(52(50)56-57)38-29-25-36(26-30-38)44-22-10-16-34-12-2-6-18-42(34)44/h1-32H,(H,53,54). The predicted molar refractivity (Wildman–Crippen MR) is 235 cm³/mol. The second-order valence-corrected chi connectivity index (χ2v) is 15.9. The smallest absolute Gasteiger partial charge is 0.394 e. The van der Waals surface area contributed by atoms with Crippen molar-refractivity contribution in [2.75, 3.05) is 0 Å². The summed E-state index contributed by atoms with van der Waals surface area (Å²) in [5, 5.41) is 8.44. The first-order chi connectivity index (χ1) is 28.0. The van der Waals surface area contributed by atoms with Gasteiger partial charge in [0.25, 0.3) is 0 Å². The summed E-state index contributed by atoms with van der Waals surface area (Å²) in [5.41, 5.74) is 8.98. The molecule has 10 aromatic carbocycles. The first-order valence-electron chi connectivity index (χ1n) is 19.0. The number of hydrogen-bond donors (Lipinski definition) is 1. The molecule has 0 bridgehead atoms. The highest BCUT2D eigenvalue weighted by atomic mass is 31.2. The Morgan fingerprint density at radius 1 is 0.333 bits per heavy atom. The van der Waals surface area contributed by atoms with Crippen LogP contribution in [0.1, 0.15) is 0 Å². The first-order valence-corrected chi connectivity index (χ1v) is 20.5. The Bertz CT molecular complexity index is 3050. The van der Waals surface area contributed by atoms with Crippen molar-refractivity contribution in [3.05, 3.63) is 194 Å². The highest BCUT2D eigenvalue weighted by Crippen LogP contribution is 2.61. The average Bonchev–Trinajstić information content (AvgIpc) is 3.39. The molecule has 0 fully saturated rings. The van der Waals surface area contributed by atoms with E-state index < -0.39 is 7.82 Å². The SMILES string of the molecule is O=P1(O)Oc2c(-c3ccc(-c4cccc5ccccc45)cc3)cc3ccccc3c2-c2c(c(-c3ccc(-c4cccc5ccccc45)cc3)cc3ccccc23)O1. The minimum Gasteiger partial charge on any atom is -0.394 e. The van der Waals surface area contributed by atoms with E-state index in [4.69, 9.17) is 9.05 Å². The van der Waals surface area contributed by atoms with Crippen molar-refractivity contribution in [3.8, 4) is 67.1 Å². The minimum atomic E-state index is -4.72. The topological polar surface area (TPSA) is 55.8 Å². The van der Waals surface area contributed by atoms with Gasteiger partial charge in [-0.1, -0.05) is 182 Å². The molecule has 1 aliphatic rings. The zero-order valence-electron chi connectivity index (χ0n) is 30.6. The molecule has 1 N–H and O–H groups in total. The van der Waals surface area contributed by atoms with E-state index in [1.54, 1.807) is 0 Å². The van der Waals surface area contributed by atoms with Crippen molar-refractivity contribution in [2.45, 2.75) is 0 Å². The highest BCUT2D eigenvalue weighted by molar-refractivity contribution is 7.48. The van der Waals surface area contributed by atoms with E-state index in [1.165, 1.54) is 21.5 Å². The summed E-state index contributed by atoms with van der Waals surface area (Å²) in [7, 11) is -4.72. The van der Waals surface area contributed by atoms with Crippen LogP contribution in [0, 0.1) is 0 Å². The molecule has 1 aliphatic heterocycles. The lowest BCUT2D eigenvalue weighted by molar-refractivity contribution is 0.295. The lowest BCUT2D eigenvalue weighted by Gasteiger charge is -2.19. The molecular weight excluding hydrogens is 720 g/mol. The second kappa shape index (κ2) is 13.1. The van der Waals surface area contributed by atoms with Gasteiger partial charge in [-0.3, -0.25) is 4.89 Å². The van der Waals surface area contributed by atoms with Crippen LogP contribution in [-0.2, 0) is 4.57 Å². The molecule has 10 aromatic rings. The van der Waals surface area contributed by atoms with Crippen LogP contribution >= 0.6 is 7.82 Å². The van der Waals surface area contributed by atoms with E-state index in [-0.39, 0.29) is 0 Å². The van der Waals surface area contributed by atoms with Crippen LogP contribution in [0.4, 0.5) is 0 Å². The third-order valence-electron chi connectivity index (χ3n) is 11.3. The lowest BCUT2D eigenvalue weighted by Crippen LogP contribution is -2.00. The van der Waals surface area contributed by atoms with E-state index in [0.717, 1.165) is 54.9 Å².